The standard InChI is InChI=1S/C17H18N2O3/c1-22-11-10-18-16-7-3-6-15(19-16)14-5-2-4-13(12-14)8-9-17(20)21/h2-9,12H,10-11H2,1H3,(H,18,19)(H,20,21)/b9-8+. The summed E-state index contributed by atoms with van der Waals surface area (Å²) in [6, 6.07) is 13.3. The number of pyridine rings is 1. The van der Waals surface area contributed by atoms with Gasteiger partial charge in [-0.25, -0.2) is 9.78 Å². The molecule has 2 aromatic rings. The van der Waals surface area contributed by atoms with Crippen LogP contribution in [0.5, 0.6) is 0 Å². The first kappa shape index (κ1) is 15.7. The van der Waals surface area contributed by atoms with Crippen molar-refractivity contribution in [2.24, 2.45) is 0 Å². The monoisotopic (exact) mass is 298 g/mol. The lowest BCUT2D eigenvalue weighted by Gasteiger charge is -2.07. The molecule has 0 atom stereocenters. The van der Waals surface area contributed by atoms with Gasteiger partial charge in [0, 0.05) is 25.3 Å². The maximum absolute atomic E-state index is 10.6. The molecule has 0 amide bonds. The van der Waals surface area contributed by atoms with Gasteiger partial charge in [-0.05, 0) is 29.8 Å². The molecule has 2 N–H and O–H groups in total. The molecular formula is C17H18N2O3. The van der Waals surface area contributed by atoms with Crippen LogP contribution in [0.25, 0.3) is 17.3 Å². The summed E-state index contributed by atoms with van der Waals surface area (Å²) < 4.78 is 4.99. The summed E-state index contributed by atoms with van der Waals surface area (Å²) >= 11 is 0. The lowest BCUT2D eigenvalue weighted by atomic mass is 10.1. The van der Waals surface area contributed by atoms with Crippen molar-refractivity contribution in [3.8, 4) is 11.3 Å². The van der Waals surface area contributed by atoms with Gasteiger partial charge in [-0.15, -0.1) is 0 Å². The maximum Gasteiger partial charge on any atom is 0.328 e. The van der Waals surface area contributed by atoms with E-state index >= 15 is 0 Å². The fourth-order valence-electron chi connectivity index (χ4n) is 1.94. The summed E-state index contributed by atoms with van der Waals surface area (Å²) in [6.45, 7) is 1.30. The number of hydrogen-bond acceptors (Lipinski definition) is 4. The number of benzene rings is 1. The number of rotatable bonds is 7. The molecule has 0 fully saturated rings. The number of nitrogens with one attached hydrogen (secondary N) is 1. The van der Waals surface area contributed by atoms with E-state index in [0.717, 1.165) is 28.7 Å². The van der Waals surface area contributed by atoms with E-state index in [-0.39, 0.29) is 0 Å². The average Bonchev–Trinajstić information content (AvgIpc) is 2.54. The second kappa shape index (κ2) is 7.95. The number of aromatic nitrogens is 1. The third-order valence-electron chi connectivity index (χ3n) is 2.96. The highest BCUT2D eigenvalue weighted by Crippen LogP contribution is 2.20. The summed E-state index contributed by atoms with van der Waals surface area (Å²) in [5.41, 5.74) is 2.58. The molecule has 2 rings (SSSR count). The van der Waals surface area contributed by atoms with Crippen LogP contribution in [-0.4, -0.2) is 36.3 Å². The van der Waals surface area contributed by atoms with E-state index in [1.54, 1.807) is 13.2 Å². The number of carboxylic acids is 1. The molecule has 0 bridgehead atoms. The van der Waals surface area contributed by atoms with Gasteiger partial charge in [0.25, 0.3) is 0 Å². The van der Waals surface area contributed by atoms with Crippen LogP contribution in [0, 0.1) is 0 Å². The highest BCUT2D eigenvalue weighted by molar-refractivity contribution is 5.85. The minimum atomic E-state index is -0.965. The van der Waals surface area contributed by atoms with Crippen LogP contribution >= 0.6 is 0 Å². The molecule has 1 aromatic heterocycles. The normalized spacial score (nSPS) is 10.8. The predicted octanol–water partition coefficient (Wildman–Crippen LogP) is 2.90. The van der Waals surface area contributed by atoms with Crippen molar-refractivity contribution in [3.63, 3.8) is 0 Å². The smallest absolute Gasteiger partial charge is 0.328 e. The number of aliphatic carboxylic acids is 1. The molecule has 114 valence electrons. The molecule has 0 spiro atoms. The molecule has 22 heavy (non-hydrogen) atoms. The Morgan fingerprint density at radius 2 is 2.14 bits per heavy atom. The molecule has 0 aliphatic rings. The van der Waals surface area contributed by atoms with E-state index in [1.165, 1.54) is 0 Å². The van der Waals surface area contributed by atoms with Gasteiger partial charge >= 0.3 is 5.97 Å². The number of ether oxygens (including phenoxy) is 1. The summed E-state index contributed by atoms with van der Waals surface area (Å²) in [4.78, 5) is 15.1. The summed E-state index contributed by atoms with van der Waals surface area (Å²) in [5, 5.41) is 11.9. The van der Waals surface area contributed by atoms with Crippen LogP contribution < -0.4 is 5.32 Å². The molecule has 1 aromatic carbocycles. The van der Waals surface area contributed by atoms with E-state index in [4.69, 9.17) is 9.84 Å². The maximum atomic E-state index is 10.6. The Balaban J connectivity index is 2.19. The summed E-state index contributed by atoms with van der Waals surface area (Å²) in [7, 11) is 1.65. The zero-order valence-corrected chi connectivity index (χ0v) is 12.3. The third-order valence-corrected chi connectivity index (χ3v) is 2.96. The first-order chi connectivity index (χ1) is 10.7. The van der Waals surface area contributed by atoms with Crippen molar-refractivity contribution in [1.82, 2.24) is 4.98 Å². The van der Waals surface area contributed by atoms with Gasteiger partial charge in [0.1, 0.15) is 5.82 Å². The van der Waals surface area contributed by atoms with Crippen LogP contribution in [0.15, 0.2) is 48.5 Å². The Morgan fingerprint density at radius 1 is 1.32 bits per heavy atom. The van der Waals surface area contributed by atoms with Crippen LogP contribution in [0.3, 0.4) is 0 Å². The van der Waals surface area contributed by atoms with Crippen molar-refractivity contribution in [1.29, 1.82) is 0 Å². The number of nitrogens with zero attached hydrogens (tertiary/aromatic N) is 1. The minimum absolute atomic E-state index is 0.612. The van der Waals surface area contributed by atoms with Gasteiger partial charge in [-0.3, -0.25) is 0 Å². The molecule has 1 heterocycles. The van der Waals surface area contributed by atoms with Gasteiger partial charge in [0.15, 0.2) is 0 Å². The first-order valence-corrected chi connectivity index (χ1v) is 6.90. The molecule has 5 nitrogen and oxygen atoms in total. The van der Waals surface area contributed by atoms with Crippen molar-refractivity contribution < 1.29 is 14.6 Å². The van der Waals surface area contributed by atoms with E-state index in [2.05, 4.69) is 10.3 Å². The molecule has 0 aliphatic carbocycles. The zero-order chi connectivity index (χ0) is 15.8. The van der Waals surface area contributed by atoms with E-state index in [0.29, 0.717) is 13.2 Å². The van der Waals surface area contributed by atoms with E-state index < -0.39 is 5.97 Å². The van der Waals surface area contributed by atoms with Crippen LogP contribution in [-0.2, 0) is 9.53 Å². The SMILES string of the molecule is COCCNc1cccc(-c2cccc(/C=C/C(=O)O)c2)n1. The third kappa shape index (κ3) is 4.71. The second-order valence-electron chi connectivity index (χ2n) is 4.62. The molecule has 0 aliphatic heterocycles. The van der Waals surface area contributed by atoms with Crippen molar-refractivity contribution in [2.75, 3.05) is 25.6 Å². The molecule has 5 heteroatoms. The lowest BCUT2D eigenvalue weighted by molar-refractivity contribution is -0.131. The Bertz CT molecular complexity index is 668. The number of carboxylic acid groups (broad SMARTS) is 1. The fourth-order valence-corrected chi connectivity index (χ4v) is 1.94. The average molecular weight is 298 g/mol. The highest BCUT2D eigenvalue weighted by Gasteiger charge is 2.02. The number of carbonyl (C=O) groups is 1. The summed E-state index contributed by atoms with van der Waals surface area (Å²) in [6.07, 6.45) is 2.68. The topological polar surface area (TPSA) is 71.5 Å². The highest BCUT2D eigenvalue weighted by atomic mass is 16.5. The quantitative estimate of drug-likeness (QED) is 0.607. The van der Waals surface area contributed by atoms with Crippen molar-refractivity contribution in [2.45, 2.75) is 0 Å². The van der Waals surface area contributed by atoms with E-state index in [1.807, 2.05) is 42.5 Å². The van der Waals surface area contributed by atoms with Crippen LogP contribution in [0.4, 0.5) is 5.82 Å². The second-order valence-corrected chi connectivity index (χ2v) is 4.62. The van der Waals surface area contributed by atoms with Crippen molar-refractivity contribution >= 4 is 17.9 Å². The first-order valence-electron chi connectivity index (χ1n) is 6.90. The molecule has 0 saturated heterocycles. The molecule has 0 unspecified atom stereocenters. The van der Waals surface area contributed by atoms with Gasteiger partial charge in [-0.2, -0.15) is 0 Å². The largest absolute Gasteiger partial charge is 0.478 e. The van der Waals surface area contributed by atoms with Gasteiger partial charge < -0.3 is 15.2 Å². The van der Waals surface area contributed by atoms with Gasteiger partial charge in [0.2, 0.25) is 0 Å². The van der Waals surface area contributed by atoms with Crippen molar-refractivity contribution in [3.05, 3.63) is 54.1 Å². The zero-order valence-electron chi connectivity index (χ0n) is 12.3. The Hall–Kier alpha value is -2.66. The molecular weight excluding hydrogens is 280 g/mol. The summed E-state index contributed by atoms with van der Waals surface area (Å²) in [5.74, 6) is -0.186. The van der Waals surface area contributed by atoms with Gasteiger partial charge in [-0.1, -0.05) is 24.3 Å². The molecule has 0 radical (unpaired) electrons. The number of anilines is 1. The minimum Gasteiger partial charge on any atom is -0.478 e. The van der Waals surface area contributed by atoms with E-state index in [9.17, 15) is 4.79 Å². The van der Waals surface area contributed by atoms with Crippen LogP contribution in [0.2, 0.25) is 0 Å². The number of methoxy groups -OCH3 is 1. The lowest BCUT2D eigenvalue weighted by Crippen LogP contribution is -2.08. The Kier molecular flexibility index (Phi) is 5.68. The predicted molar refractivity (Wildman–Crippen MR) is 86.7 cm³/mol. The Labute approximate surface area is 129 Å². The van der Waals surface area contributed by atoms with Crippen LogP contribution in [0.1, 0.15) is 5.56 Å². The Morgan fingerprint density at radius 3 is 2.91 bits per heavy atom. The number of hydrogen-bond donors (Lipinski definition) is 2. The fraction of sp³-hybridized carbons (Fsp3) is 0.176. The molecule has 0 saturated carbocycles. The van der Waals surface area contributed by atoms with Gasteiger partial charge in [0.05, 0.1) is 12.3 Å².